The van der Waals surface area contributed by atoms with Crippen LogP contribution in [0.15, 0.2) is 91.0 Å². The van der Waals surface area contributed by atoms with Gasteiger partial charge in [0.25, 0.3) is 0 Å². The number of amides is 2. The number of fused-ring (bicyclic) bond motifs is 1. The molecule has 0 spiro atoms. The highest BCUT2D eigenvalue weighted by Gasteiger charge is 2.51. The van der Waals surface area contributed by atoms with Gasteiger partial charge in [-0.15, -0.1) is 0 Å². The Bertz CT molecular complexity index is 1760. The van der Waals surface area contributed by atoms with Crippen molar-refractivity contribution >= 4 is 22.5 Å². The maximum absolute atomic E-state index is 13.4. The Morgan fingerprint density at radius 2 is 1.55 bits per heavy atom. The SMILES string of the molecule is C[C@H](c1ccc2ccccc2c1)N(C)C[C@@H]1C[C@H](c2ccc(CO)cc2)O[C@H](c2cccc(NC(=O)NC34CC5CC(CC(C5)C3)C4)c2)O1. The predicted octanol–water partition coefficient (Wildman–Crippen LogP) is 8.66. The number of aliphatic hydroxyl groups excluding tert-OH is 1. The van der Waals surface area contributed by atoms with Crippen LogP contribution >= 0.6 is 0 Å². The Hall–Kier alpha value is -3.75. The molecule has 5 fully saturated rings. The molecule has 4 bridgehead atoms. The molecule has 4 atom stereocenters. The number of likely N-dealkylation sites (N-methyl/N-ethyl adjacent to an activating group) is 1. The maximum Gasteiger partial charge on any atom is 0.319 e. The molecule has 0 unspecified atom stereocenters. The Labute approximate surface area is 290 Å². The van der Waals surface area contributed by atoms with Gasteiger partial charge in [0, 0.05) is 35.8 Å². The summed E-state index contributed by atoms with van der Waals surface area (Å²) < 4.78 is 13.4. The van der Waals surface area contributed by atoms with Crippen molar-refractivity contribution in [1.82, 2.24) is 10.2 Å². The third-order valence-corrected chi connectivity index (χ3v) is 11.9. The van der Waals surface area contributed by atoms with E-state index < -0.39 is 6.29 Å². The van der Waals surface area contributed by atoms with E-state index in [1.807, 2.05) is 48.5 Å². The first-order chi connectivity index (χ1) is 23.8. The van der Waals surface area contributed by atoms with E-state index in [4.69, 9.17) is 9.47 Å². The fourth-order valence-corrected chi connectivity index (χ4v) is 9.66. The summed E-state index contributed by atoms with van der Waals surface area (Å²) in [5, 5.41) is 18.7. The molecule has 4 aromatic carbocycles. The summed E-state index contributed by atoms with van der Waals surface area (Å²) in [6.07, 6.45) is 7.22. The summed E-state index contributed by atoms with van der Waals surface area (Å²) in [4.78, 5) is 15.7. The van der Waals surface area contributed by atoms with E-state index in [0.29, 0.717) is 6.42 Å². The molecule has 3 N–H and O–H groups in total. The molecule has 0 aromatic heterocycles. The summed E-state index contributed by atoms with van der Waals surface area (Å²) in [6.45, 7) is 2.98. The molecule has 7 heteroatoms. The number of hydrogen-bond donors (Lipinski definition) is 3. The zero-order chi connectivity index (χ0) is 33.5. The zero-order valence-corrected chi connectivity index (χ0v) is 28.7. The van der Waals surface area contributed by atoms with Gasteiger partial charge in [-0.2, -0.15) is 0 Å². The lowest BCUT2D eigenvalue weighted by atomic mass is 9.53. The van der Waals surface area contributed by atoms with Gasteiger partial charge >= 0.3 is 6.03 Å². The monoisotopic (exact) mass is 659 g/mol. The topological polar surface area (TPSA) is 83.1 Å². The standard InChI is InChI=1S/C42H49N3O4/c1-27(34-15-14-32-6-3-4-7-35(32)19-34)45(2)25-38-21-39(33-12-10-28(26-46)11-13-33)49-40(48-38)36-8-5-9-37(20-36)43-41(47)44-42-22-29-16-30(23-42)18-31(17-29)24-42/h3-15,19-20,27,29-31,38-40,46H,16-18,21-26H2,1-2H3,(H2,43,44,47)/t27-,29?,30?,31?,38+,39-,40-,42?/m1/s1. The molecule has 5 aliphatic rings. The summed E-state index contributed by atoms with van der Waals surface area (Å²) in [5.74, 6) is 2.31. The number of hydrogen-bond acceptors (Lipinski definition) is 5. The van der Waals surface area contributed by atoms with E-state index in [9.17, 15) is 9.90 Å². The minimum absolute atomic E-state index is 0.00779. The lowest BCUT2D eigenvalue weighted by Crippen LogP contribution is -2.60. The molecule has 4 aliphatic carbocycles. The molecule has 4 aromatic rings. The first-order valence-corrected chi connectivity index (χ1v) is 18.2. The second-order valence-electron chi connectivity index (χ2n) is 15.5. The molecule has 2 amide bonds. The lowest BCUT2D eigenvalue weighted by molar-refractivity contribution is -0.253. The van der Waals surface area contributed by atoms with Crippen molar-refractivity contribution in [3.63, 3.8) is 0 Å². The Balaban J connectivity index is 0.984. The Kier molecular flexibility index (Phi) is 8.95. The fourth-order valence-electron chi connectivity index (χ4n) is 9.66. The zero-order valence-electron chi connectivity index (χ0n) is 28.7. The number of urea groups is 1. The van der Waals surface area contributed by atoms with Crippen molar-refractivity contribution < 1.29 is 19.4 Å². The molecule has 0 radical (unpaired) electrons. The van der Waals surface area contributed by atoms with Crippen molar-refractivity contribution in [3.05, 3.63) is 113 Å². The second kappa shape index (κ2) is 13.5. The third kappa shape index (κ3) is 7.00. The minimum atomic E-state index is -0.599. The number of aliphatic hydroxyl groups is 1. The average Bonchev–Trinajstić information content (AvgIpc) is 3.10. The number of ether oxygens (including phenoxy) is 2. The van der Waals surface area contributed by atoms with E-state index in [0.717, 1.165) is 65.9 Å². The van der Waals surface area contributed by atoms with Crippen molar-refractivity contribution in [3.8, 4) is 0 Å². The molecular formula is C42H49N3O4. The van der Waals surface area contributed by atoms with E-state index in [1.54, 1.807) is 0 Å². The first-order valence-electron chi connectivity index (χ1n) is 18.2. The van der Waals surface area contributed by atoms with Crippen LogP contribution < -0.4 is 10.6 Å². The van der Waals surface area contributed by atoms with Crippen molar-refractivity contribution in [2.75, 3.05) is 18.9 Å². The Morgan fingerprint density at radius 3 is 2.27 bits per heavy atom. The molecule has 7 nitrogen and oxygen atoms in total. The molecule has 1 heterocycles. The first kappa shape index (κ1) is 32.5. The molecule has 49 heavy (non-hydrogen) atoms. The van der Waals surface area contributed by atoms with Crippen LogP contribution in [0.3, 0.4) is 0 Å². The number of rotatable bonds is 9. The predicted molar refractivity (Wildman–Crippen MR) is 193 cm³/mol. The van der Waals surface area contributed by atoms with Crippen LogP contribution in [-0.4, -0.2) is 41.3 Å². The van der Waals surface area contributed by atoms with Gasteiger partial charge in [-0.05, 0) is 116 Å². The largest absolute Gasteiger partial charge is 0.392 e. The van der Waals surface area contributed by atoms with Crippen molar-refractivity contribution in [2.24, 2.45) is 17.8 Å². The Morgan fingerprint density at radius 1 is 0.837 bits per heavy atom. The van der Waals surface area contributed by atoms with Gasteiger partial charge in [0.15, 0.2) is 6.29 Å². The quantitative estimate of drug-likeness (QED) is 0.168. The highest BCUT2D eigenvalue weighted by atomic mass is 16.7. The number of nitrogens with zero attached hydrogens (tertiary/aromatic N) is 1. The molecule has 1 aliphatic heterocycles. The summed E-state index contributed by atoms with van der Waals surface area (Å²) in [7, 11) is 2.16. The summed E-state index contributed by atoms with van der Waals surface area (Å²) in [6, 6.07) is 31.2. The van der Waals surface area contributed by atoms with Gasteiger partial charge in [-0.1, -0.05) is 72.8 Å². The van der Waals surface area contributed by atoms with Crippen LogP contribution in [-0.2, 0) is 16.1 Å². The number of carbonyl (C=O) groups excluding carboxylic acids is 1. The summed E-state index contributed by atoms with van der Waals surface area (Å²) in [5.41, 5.74) is 4.77. The third-order valence-electron chi connectivity index (χ3n) is 11.9. The van der Waals surface area contributed by atoms with E-state index in [-0.39, 0.29) is 36.4 Å². The van der Waals surface area contributed by atoms with Crippen LogP contribution in [0, 0.1) is 17.8 Å². The van der Waals surface area contributed by atoms with Crippen LogP contribution in [0.1, 0.15) is 92.6 Å². The van der Waals surface area contributed by atoms with Gasteiger partial charge in [0.2, 0.25) is 0 Å². The normalized spacial score (nSPS) is 29.6. The number of nitrogens with one attached hydrogen (secondary N) is 2. The van der Waals surface area contributed by atoms with Crippen LogP contribution in [0.5, 0.6) is 0 Å². The van der Waals surface area contributed by atoms with Crippen molar-refractivity contribution in [2.45, 2.75) is 88.6 Å². The number of anilines is 1. The van der Waals surface area contributed by atoms with Crippen LogP contribution in [0.2, 0.25) is 0 Å². The molecule has 4 saturated carbocycles. The fraction of sp³-hybridized carbons (Fsp3) is 0.452. The van der Waals surface area contributed by atoms with E-state index in [1.165, 1.54) is 35.6 Å². The summed E-state index contributed by atoms with van der Waals surface area (Å²) >= 11 is 0. The van der Waals surface area contributed by atoms with E-state index in [2.05, 4.69) is 72.0 Å². The van der Waals surface area contributed by atoms with Crippen molar-refractivity contribution in [1.29, 1.82) is 0 Å². The van der Waals surface area contributed by atoms with Gasteiger partial charge < -0.3 is 25.2 Å². The van der Waals surface area contributed by atoms with Gasteiger partial charge in [-0.3, -0.25) is 4.90 Å². The highest BCUT2D eigenvalue weighted by Crippen LogP contribution is 2.55. The lowest BCUT2D eigenvalue weighted by Gasteiger charge is -2.56. The maximum atomic E-state index is 13.4. The molecular weight excluding hydrogens is 610 g/mol. The van der Waals surface area contributed by atoms with Gasteiger partial charge in [0.05, 0.1) is 18.8 Å². The average molecular weight is 660 g/mol. The molecule has 256 valence electrons. The molecule has 1 saturated heterocycles. The van der Waals surface area contributed by atoms with Crippen LogP contribution in [0.25, 0.3) is 10.8 Å². The molecule has 9 rings (SSSR count). The van der Waals surface area contributed by atoms with Gasteiger partial charge in [0.1, 0.15) is 0 Å². The smallest absolute Gasteiger partial charge is 0.319 e. The van der Waals surface area contributed by atoms with Crippen LogP contribution in [0.4, 0.5) is 10.5 Å². The van der Waals surface area contributed by atoms with Gasteiger partial charge in [-0.25, -0.2) is 4.79 Å². The second-order valence-corrected chi connectivity index (χ2v) is 15.5. The highest BCUT2D eigenvalue weighted by molar-refractivity contribution is 5.90. The number of benzene rings is 4. The van der Waals surface area contributed by atoms with E-state index >= 15 is 0 Å². The number of carbonyl (C=O) groups is 1. The minimum Gasteiger partial charge on any atom is -0.392 e.